The summed E-state index contributed by atoms with van der Waals surface area (Å²) in [4.78, 5) is 0. The molecule has 0 N–H and O–H groups in total. The monoisotopic (exact) mass is 166 g/mol. The molecule has 0 rings (SSSR count). The van der Waals surface area contributed by atoms with E-state index in [2.05, 4.69) is 19.1 Å². The predicted molar refractivity (Wildman–Crippen MR) is 43.9 cm³/mol. The van der Waals surface area contributed by atoms with Crippen LogP contribution in [0.4, 0.5) is 0 Å². The SMILES string of the molecule is CCCC(Cl)OC(C)=S. The molecule has 0 bridgehead atoms. The van der Waals surface area contributed by atoms with Crippen molar-refractivity contribution >= 4 is 28.9 Å². The molecule has 0 saturated heterocycles. The predicted octanol–water partition coefficient (Wildman–Crippen LogP) is 2.72. The first kappa shape index (κ1) is 9.18. The van der Waals surface area contributed by atoms with Gasteiger partial charge in [0.25, 0.3) is 0 Å². The fraction of sp³-hybridized carbons (Fsp3) is 0.833. The van der Waals surface area contributed by atoms with Gasteiger partial charge in [0.2, 0.25) is 0 Å². The lowest BCUT2D eigenvalue weighted by molar-refractivity contribution is 0.261. The molecule has 0 aromatic heterocycles. The molecule has 0 fully saturated rings. The van der Waals surface area contributed by atoms with E-state index in [0.717, 1.165) is 12.8 Å². The zero-order valence-electron chi connectivity index (χ0n) is 5.69. The van der Waals surface area contributed by atoms with Gasteiger partial charge in [0, 0.05) is 6.92 Å². The van der Waals surface area contributed by atoms with Gasteiger partial charge in [0.05, 0.1) is 0 Å². The highest BCUT2D eigenvalue weighted by molar-refractivity contribution is 7.80. The molecule has 0 spiro atoms. The van der Waals surface area contributed by atoms with Gasteiger partial charge in [-0.25, -0.2) is 0 Å². The van der Waals surface area contributed by atoms with Crippen molar-refractivity contribution in [3.63, 3.8) is 0 Å². The van der Waals surface area contributed by atoms with Gasteiger partial charge in [0.1, 0.15) is 0 Å². The van der Waals surface area contributed by atoms with Crippen molar-refractivity contribution in [1.82, 2.24) is 0 Å². The lowest BCUT2D eigenvalue weighted by Gasteiger charge is -2.08. The first-order valence-electron chi connectivity index (χ1n) is 2.98. The second-order valence-electron chi connectivity index (χ2n) is 1.81. The van der Waals surface area contributed by atoms with E-state index in [-0.39, 0.29) is 5.56 Å². The van der Waals surface area contributed by atoms with Crippen molar-refractivity contribution in [1.29, 1.82) is 0 Å². The average molecular weight is 167 g/mol. The van der Waals surface area contributed by atoms with Gasteiger partial charge in [-0.3, -0.25) is 0 Å². The smallest absolute Gasteiger partial charge is 0.172 e. The summed E-state index contributed by atoms with van der Waals surface area (Å²) in [7, 11) is 0. The second kappa shape index (κ2) is 5.00. The van der Waals surface area contributed by atoms with E-state index in [0.29, 0.717) is 5.05 Å². The maximum atomic E-state index is 5.67. The second-order valence-corrected chi connectivity index (χ2v) is 2.87. The first-order chi connectivity index (χ1) is 4.16. The van der Waals surface area contributed by atoms with Crippen molar-refractivity contribution < 1.29 is 4.74 Å². The van der Waals surface area contributed by atoms with Gasteiger partial charge >= 0.3 is 0 Å². The molecule has 0 aliphatic heterocycles. The Morgan fingerprint density at radius 2 is 2.33 bits per heavy atom. The van der Waals surface area contributed by atoms with Crippen molar-refractivity contribution in [3.8, 4) is 0 Å². The van der Waals surface area contributed by atoms with Crippen LogP contribution in [-0.2, 0) is 4.74 Å². The summed E-state index contributed by atoms with van der Waals surface area (Å²) >= 11 is 10.3. The van der Waals surface area contributed by atoms with Crippen LogP contribution in [0, 0.1) is 0 Å². The first-order valence-corrected chi connectivity index (χ1v) is 3.82. The number of hydrogen-bond donors (Lipinski definition) is 0. The van der Waals surface area contributed by atoms with Crippen LogP contribution in [0.25, 0.3) is 0 Å². The van der Waals surface area contributed by atoms with E-state index < -0.39 is 0 Å². The standard InChI is InChI=1S/C6H11ClOS/c1-3-4-6(7)8-5(2)9/h6H,3-4H2,1-2H3. The van der Waals surface area contributed by atoms with Crippen LogP contribution in [-0.4, -0.2) is 10.6 Å². The van der Waals surface area contributed by atoms with Crippen molar-refractivity contribution in [2.75, 3.05) is 0 Å². The Kier molecular flexibility index (Phi) is 5.10. The Morgan fingerprint density at radius 3 is 2.67 bits per heavy atom. The molecule has 0 heterocycles. The highest BCUT2D eigenvalue weighted by Gasteiger charge is 2.01. The maximum absolute atomic E-state index is 5.67. The molecule has 0 aliphatic rings. The minimum absolute atomic E-state index is 0.229. The Bertz CT molecular complexity index is 95.1. The molecule has 3 heteroatoms. The Balaban J connectivity index is 3.26. The number of rotatable bonds is 3. The summed E-state index contributed by atoms with van der Waals surface area (Å²) in [6, 6.07) is 0. The normalized spacial score (nSPS) is 12.8. The molecule has 0 saturated carbocycles. The quantitative estimate of drug-likeness (QED) is 0.471. The van der Waals surface area contributed by atoms with Crippen LogP contribution in [0.3, 0.4) is 0 Å². The van der Waals surface area contributed by atoms with E-state index in [1.54, 1.807) is 6.92 Å². The third kappa shape index (κ3) is 6.06. The largest absolute Gasteiger partial charge is 0.468 e. The Morgan fingerprint density at radius 1 is 1.78 bits per heavy atom. The molecule has 0 radical (unpaired) electrons. The Labute approximate surface area is 66.3 Å². The lowest BCUT2D eigenvalue weighted by Crippen LogP contribution is -2.06. The van der Waals surface area contributed by atoms with Gasteiger partial charge in [0.15, 0.2) is 10.6 Å². The highest BCUT2D eigenvalue weighted by atomic mass is 35.5. The van der Waals surface area contributed by atoms with Gasteiger partial charge in [-0.1, -0.05) is 24.9 Å². The molecular weight excluding hydrogens is 156 g/mol. The molecule has 0 amide bonds. The minimum atomic E-state index is -0.229. The molecule has 0 aliphatic carbocycles. The fourth-order valence-corrected chi connectivity index (χ4v) is 0.987. The third-order valence-electron chi connectivity index (χ3n) is 0.809. The van der Waals surface area contributed by atoms with Crippen LogP contribution >= 0.6 is 23.8 Å². The van der Waals surface area contributed by atoms with E-state index in [1.165, 1.54) is 0 Å². The Hall–Kier alpha value is 0.180. The van der Waals surface area contributed by atoms with Gasteiger partial charge in [-0.2, -0.15) is 0 Å². The van der Waals surface area contributed by atoms with Crippen LogP contribution in [0.5, 0.6) is 0 Å². The number of ether oxygens (including phenoxy) is 1. The van der Waals surface area contributed by atoms with E-state index in [4.69, 9.17) is 16.3 Å². The number of alkyl halides is 1. The zero-order chi connectivity index (χ0) is 7.28. The molecule has 1 nitrogen and oxygen atoms in total. The fourth-order valence-electron chi connectivity index (χ4n) is 0.466. The van der Waals surface area contributed by atoms with Crippen LogP contribution in [0.2, 0.25) is 0 Å². The van der Waals surface area contributed by atoms with Gasteiger partial charge in [-0.15, -0.1) is 0 Å². The molecule has 0 aromatic rings. The molecule has 54 valence electrons. The summed E-state index contributed by atoms with van der Waals surface area (Å²) in [6.45, 7) is 3.78. The van der Waals surface area contributed by atoms with Crippen molar-refractivity contribution in [3.05, 3.63) is 0 Å². The van der Waals surface area contributed by atoms with Gasteiger partial charge in [-0.05, 0) is 18.6 Å². The molecule has 1 unspecified atom stereocenters. The number of halogens is 1. The summed E-state index contributed by atoms with van der Waals surface area (Å²) in [5.41, 5.74) is -0.229. The summed E-state index contributed by atoms with van der Waals surface area (Å²) in [5.74, 6) is 0. The summed E-state index contributed by atoms with van der Waals surface area (Å²) < 4.78 is 4.99. The maximum Gasteiger partial charge on any atom is 0.172 e. The number of thiocarbonyl (C=S) groups is 1. The van der Waals surface area contributed by atoms with Crippen LogP contribution in [0.15, 0.2) is 0 Å². The average Bonchev–Trinajstić information content (AvgIpc) is 1.63. The highest BCUT2D eigenvalue weighted by Crippen LogP contribution is 2.06. The molecule has 1 atom stereocenters. The third-order valence-corrected chi connectivity index (χ3v) is 1.21. The molecular formula is C6H11ClOS. The molecule has 9 heavy (non-hydrogen) atoms. The van der Waals surface area contributed by atoms with Crippen molar-refractivity contribution in [2.24, 2.45) is 0 Å². The van der Waals surface area contributed by atoms with Crippen molar-refractivity contribution in [2.45, 2.75) is 32.3 Å². The van der Waals surface area contributed by atoms with Crippen LogP contribution < -0.4 is 0 Å². The lowest BCUT2D eigenvalue weighted by atomic mass is 10.4. The topological polar surface area (TPSA) is 9.23 Å². The summed E-state index contributed by atoms with van der Waals surface area (Å²) in [5, 5.41) is 0.517. The van der Waals surface area contributed by atoms with Crippen LogP contribution in [0.1, 0.15) is 26.7 Å². The zero-order valence-corrected chi connectivity index (χ0v) is 7.26. The number of hydrogen-bond acceptors (Lipinski definition) is 2. The van der Waals surface area contributed by atoms with E-state index in [1.807, 2.05) is 0 Å². The van der Waals surface area contributed by atoms with E-state index >= 15 is 0 Å². The minimum Gasteiger partial charge on any atom is -0.468 e. The molecule has 0 aromatic carbocycles. The summed E-state index contributed by atoms with van der Waals surface area (Å²) in [6.07, 6.45) is 1.88. The van der Waals surface area contributed by atoms with Gasteiger partial charge < -0.3 is 4.74 Å². The van der Waals surface area contributed by atoms with E-state index in [9.17, 15) is 0 Å².